The Balaban J connectivity index is 1.54. The molecule has 1 saturated carbocycles. The Bertz CT molecular complexity index is 425. The number of nitrogens with one attached hydrogen (secondary N) is 1. The van der Waals surface area contributed by atoms with Gasteiger partial charge in [-0.1, -0.05) is 5.16 Å². The minimum absolute atomic E-state index is 0.203. The van der Waals surface area contributed by atoms with Gasteiger partial charge in [-0.2, -0.15) is 0 Å². The van der Waals surface area contributed by atoms with E-state index in [1.54, 1.807) is 13.0 Å². The Kier molecular flexibility index (Phi) is 5.55. The summed E-state index contributed by atoms with van der Waals surface area (Å²) in [4.78, 5) is 11.7. The molecule has 1 aliphatic carbocycles. The molecule has 0 atom stereocenters. The fourth-order valence-electron chi connectivity index (χ4n) is 2.34. The molecule has 0 aromatic carbocycles. The lowest BCUT2D eigenvalue weighted by Crippen LogP contribution is -2.31. The molecule has 112 valence electrons. The number of aryl methyl sites for hydroxylation is 1. The number of rotatable bonds is 6. The summed E-state index contributed by atoms with van der Waals surface area (Å²) in [6.45, 7) is 3.00. The van der Waals surface area contributed by atoms with Crippen LogP contribution < -0.4 is 11.1 Å². The molecule has 1 amide bonds. The topological polar surface area (TPSA) is 90.4 Å². The molecule has 1 fully saturated rings. The van der Waals surface area contributed by atoms with Gasteiger partial charge in [-0.05, 0) is 39.0 Å². The summed E-state index contributed by atoms with van der Waals surface area (Å²) >= 11 is 0. The minimum Gasteiger partial charge on any atom is -0.378 e. The highest BCUT2D eigenvalue weighted by Gasteiger charge is 2.18. The van der Waals surface area contributed by atoms with Gasteiger partial charge in [-0.25, -0.2) is 0 Å². The highest BCUT2D eigenvalue weighted by molar-refractivity contribution is 5.92. The van der Waals surface area contributed by atoms with Crippen molar-refractivity contribution in [2.75, 3.05) is 13.2 Å². The second-order valence-electron chi connectivity index (χ2n) is 5.34. The zero-order valence-corrected chi connectivity index (χ0v) is 11.9. The average molecular weight is 281 g/mol. The maximum atomic E-state index is 11.7. The van der Waals surface area contributed by atoms with Crippen LogP contribution in [0.2, 0.25) is 0 Å². The van der Waals surface area contributed by atoms with Crippen LogP contribution in [0.5, 0.6) is 0 Å². The smallest absolute Gasteiger partial charge is 0.273 e. The first kappa shape index (κ1) is 15.0. The third kappa shape index (κ3) is 4.61. The molecule has 2 rings (SSSR count). The summed E-state index contributed by atoms with van der Waals surface area (Å²) in [5.74, 6) is 0.430. The molecule has 1 aliphatic rings. The van der Waals surface area contributed by atoms with Crippen molar-refractivity contribution in [3.05, 3.63) is 17.5 Å². The number of hydrogen-bond donors (Lipinski definition) is 2. The Labute approximate surface area is 119 Å². The number of amides is 1. The Morgan fingerprint density at radius 1 is 1.50 bits per heavy atom. The van der Waals surface area contributed by atoms with E-state index in [-0.39, 0.29) is 5.91 Å². The number of hydrogen-bond acceptors (Lipinski definition) is 5. The normalized spacial score (nSPS) is 22.7. The Morgan fingerprint density at radius 2 is 2.25 bits per heavy atom. The summed E-state index contributed by atoms with van der Waals surface area (Å²) in [6.07, 6.45) is 5.33. The lowest BCUT2D eigenvalue weighted by atomic mass is 9.94. The van der Waals surface area contributed by atoms with E-state index in [9.17, 15) is 4.79 Å². The third-order valence-electron chi connectivity index (χ3n) is 3.54. The molecule has 1 aromatic rings. The fraction of sp³-hybridized carbons (Fsp3) is 0.714. The van der Waals surface area contributed by atoms with E-state index in [4.69, 9.17) is 15.0 Å². The number of nitrogens with two attached hydrogens (primary N) is 1. The zero-order chi connectivity index (χ0) is 14.4. The van der Waals surface area contributed by atoms with Crippen molar-refractivity contribution in [2.45, 2.75) is 51.2 Å². The van der Waals surface area contributed by atoms with Crippen molar-refractivity contribution in [3.63, 3.8) is 0 Å². The van der Waals surface area contributed by atoms with Gasteiger partial charge >= 0.3 is 0 Å². The van der Waals surface area contributed by atoms with Crippen LogP contribution in [-0.4, -0.2) is 36.4 Å². The van der Waals surface area contributed by atoms with Crippen molar-refractivity contribution < 1.29 is 14.1 Å². The number of carbonyl (C=O) groups excluding carboxylic acids is 1. The van der Waals surface area contributed by atoms with E-state index < -0.39 is 0 Å². The first-order valence-electron chi connectivity index (χ1n) is 7.24. The van der Waals surface area contributed by atoms with E-state index >= 15 is 0 Å². The van der Waals surface area contributed by atoms with E-state index in [2.05, 4.69) is 10.5 Å². The van der Waals surface area contributed by atoms with Crippen LogP contribution in [0, 0.1) is 6.92 Å². The van der Waals surface area contributed by atoms with Gasteiger partial charge in [-0.3, -0.25) is 4.79 Å². The maximum Gasteiger partial charge on any atom is 0.273 e. The van der Waals surface area contributed by atoms with E-state index in [0.29, 0.717) is 36.8 Å². The largest absolute Gasteiger partial charge is 0.378 e. The summed E-state index contributed by atoms with van der Waals surface area (Å²) in [6, 6.07) is 1.97. The molecular formula is C14H23N3O3. The second-order valence-corrected chi connectivity index (χ2v) is 5.34. The molecule has 0 bridgehead atoms. The number of carbonyl (C=O) groups is 1. The number of nitrogens with zero attached hydrogens (tertiary/aromatic N) is 1. The maximum absolute atomic E-state index is 11.7. The van der Waals surface area contributed by atoms with Gasteiger partial charge in [-0.15, -0.1) is 0 Å². The van der Waals surface area contributed by atoms with Crippen LogP contribution in [0.3, 0.4) is 0 Å². The highest BCUT2D eigenvalue weighted by Crippen LogP contribution is 2.19. The van der Waals surface area contributed by atoms with Crippen molar-refractivity contribution in [1.29, 1.82) is 0 Å². The van der Waals surface area contributed by atoms with Gasteiger partial charge in [0.25, 0.3) is 5.91 Å². The van der Waals surface area contributed by atoms with Crippen LogP contribution in [0.25, 0.3) is 0 Å². The third-order valence-corrected chi connectivity index (χ3v) is 3.54. The summed E-state index contributed by atoms with van der Waals surface area (Å²) in [7, 11) is 0. The van der Waals surface area contributed by atoms with E-state index in [1.165, 1.54) is 0 Å². The molecular weight excluding hydrogens is 258 g/mol. The molecule has 6 nitrogen and oxygen atoms in total. The van der Waals surface area contributed by atoms with Gasteiger partial charge in [0.05, 0.1) is 6.10 Å². The molecule has 0 radical (unpaired) electrons. The first-order valence-corrected chi connectivity index (χ1v) is 7.24. The van der Waals surface area contributed by atoms with Gasteiger partial charge in [0.15, 0.2) is 5.69 Å². The molecule has 1 aromatic heterocycles. The lowest BCUT2D eigenvalue weighted by Gasteiger charge is -2.26. The van der Waals surface area contributed by atoms with Crippen LogP contribution in [0.4, 0.5) is 0 Å². The van der Waals surface area contributed by atoms with Crippen LogP contribution >= 0.6 is 0 Å². The van der Waals surface area contributed by atoms with Crippen molar-refractivity contribution in [1.82, 2.24) is 10.5 Å². The highest BCUT2D eigenvalue weighted by atomic mass is 16.5. The molecule has 1 heterocycles. The molecule has 3 N–H and O–H groups in total. The summed E-state index contributed by atoms with van der Waals surface area (Å²) in [5.41, 5.74) is 6.17. The quantitative estimate of drug-likeness (QED) is 0.769. The van der Waals surface area contributed by atoms with Crippen molar-refractivity contribution >= 4 is 5.91 Å². The van der Waals surface area contributed by atoms with Gasteiger partial charge in [0, 0.05) is 25.3 Å². The Hall–Kier alpha value is -1.40. The molecule has 20 heavy (non-hydrogen) atoms. The zero-order valence-electron chi connectivity index (χ0n) is 11.9. The van der Waals surface area contributed by atoms with E-state index in [0.717, 1.165) is 32.1 Å². The Morgan fingerprint density at radius 3 is 2.90 bits per heavy atom. The standard InChI is InChI=1S/C14H23N3O3/c1-10-9-13(17-20-10)14(18)16-7-2-8-19-12-5-3-11(15)4-6-12/h9,11-12H,2-8,15H2,1H3,(H,16,18). The lowest BCUT2D eigenvalue weighted by molar-refractivity contribution is 0.0241. The predicted molar refractivity (Wildman–Crippen MR) is 74.4 cm³/mol. The molecule has 6 heteroatoms. The van der Waals surface area contributed by atoms with Gasteiger partial charge in [0.1, 0.15) is 5.76 Å². The first-order chi connectivity index (χ1) is 9.65. The molecule has 0 spiro atoms. The second kappa shape index (κ2) is 7.40. The van der Waals surface area contributed by atoms with Gasteiger partial charge < -0.3 is 20.3 Å². The monoisotopic (exact) mass is 281 g/mol. The van der Waals surface area contributed by atoms with Crippen molar-refractivity contribution in [2.24, 2.45) is 5.73 Å². The fourth-order valence-corrected chi connectivity index (χ4v) is 2.34. The predicted octanol–water partition coefficient (Wildman–Crippen LogP) is 1.39. The molecule has 0 aliphatic heterocycles. The summed E-state index contributed by atoms with van der Waals surface area (Å²) < 4.78 is 10.6. The average Bonchev–Trinajstić information content (AvgIpc) is 2.87. The van der Waals surface area contributed by atoms with Crippen LogP contribution in [-0.2, 0) is 4.74 Å². The number of ether oxygens (including phenoxy) is 1. The summed E-state index contributed by atoms with van der Waals surface area (Å²) in [5, 5.41) is 6.46. The van der Waals surface area contributed by atoms with Crippen molar-refractivity contribution in [3.8, 4) is 0 Å². The molecule has 0 unspecified atom stereocenters. The minimum atomic E-state index is -0.203. The van der Waals surface area contributed by atoms with E-state index in [1.807, 2.05) is 0 Å². The number of aromatic nitrogens is 1. The molecule has 0 saturated heterocycles. The van der Waals surface area contributed by atoms with Gasteiger partial charge in [0.2, 0.25) is 0 Å². The van der Waals surface area contributed by atoms with Crippen LogP contribution in [0.15, 0.2) is 10.6 Å². The van der Waals surface area contributed by atoms with Crippen LogP contribution in [0.1, 0.15) is 48.4 Å². The SMILES string of the molecule is Cc1cc(C(=O)NCCCOC2CCC(N)CC2)no1.